The second-order valence-corrected chi connectivity index (χ2v) is 10.0. The summed E-state index contributed by atoms with van der Waals surface area (Å²) >= 11 is 12.3. The maximum absolute atomic E-state index is 13.8. The molecule has 8 heteroatoms. The number of rotatable bonds is 5. The molecule has 2 bridgehead atoms. The summed E-state index contributed by atoms with van der Waals surface area (Å²) in [4.78, 5) is 54.2. The molecule has 1 heterocycles. The van der Waals surface area contributed by atoms with Crippen molar-refractivity contribution in [1.82, 2.24) is 10.0 Å². The van der Waals surface area contributed by atoms with Gasteiger partial charge in [-0.25, -0.2) is 5.01 Å². The third-order valence-corrected chi connectivity index (χ3v) is 7.66. The lowest BCUT2D eigenvalue weighted by Crippen LogP contribution is -2.57. The molecule has 0 radical (unpaired) electrons. The molecule has 2 aromatic carbocycles. The Kier molecular flexibility index (Phi) is 5.61. The molecule has 0 aromatic heterocycles. The van der Waals surface area contributed by atoms with E-state index in [1.165, 1.54) is 25.1 Å². The molecule has 3 amide bonds. The molecule has 0 unspecified atom stereocenters. The van der Waals surface area contributed by atoms with Gasteiger partial charge in [0.25, 0.3) is 17.7 Å². The number of hydrogen-bond donors (Lipinski definition) is 0. The summed E-state index contributed by atoms with van der Waals surface area (Å²) in [6, 6.07) is 10.1. The smallest absolute Gasteiger partial charge is 0.275 e. The van der Waals surface area contributed by atoms with Gasteiger partial charge >= 0.3 is 0 Å². The number of nitrogens with zero attached hydrogens (tertiary/aromatic N) is 2. The van der Waals surface area contributed by atoms with Crippen LogP contribution in [0, 0.1) is 30.6 Å². The van der Waals surface area contributed by atoms with Crippen molar-refractivity contribution in [1.29, 1.82) is 0 Å². The SMILES string of the molecule is Cc1ccc(C(=O)[C@@H](C)N(C(=O)c2ccc(Cl)cc2Cl)N2C(=O)[C@@H]3[C@H](C2=O)[C@H]2C=C[C@H]3C2)cc1. The number of allylic oxidation sites excluding steroid dienone is 2. The number of aryl methyl sites for hydroxylation is 1. The summed E-state index contributed by atoms with van der Waals surface area (Å²) in [5.74, 6) is -3.09. The Morgan fingerprint density at radius 3 is 2.12 bits per heavy atom. The quantitative estimate of drug-likeness (QED) is 0.340. The molecule has 0 N–H and O–H groups in total. The summed E-state index contributed by atoms with van der Waals surface area (Å²) in [5, 5.41) is 2.28. The first-order valence-electron chi connectivity index (χ1n) is 11.1. The summed E-state index contributed by atoms with van der Waals surface area (Å²) in [6.07, 6.45) is 4.71. The molecule has 34 heavy (non-hydrogen) atoms. The zero-order valence-electron chi connectivity index (χ0n) is 18.6. The van der Waals surface area contributed by atoms with E-state index in [2.05, 4.69) is 0 Å². The lowest BCUT2D eigenvalue weighted by molar-refractivity contribution is -0.157. The fourth-order valence-corrected chi connectivity index (χ4v) is 5.88. The zero-order valence-corrected chi connectivity index (χ0v) is 20.1. The number of ketones is 1. The largest absolute Gasteiger partial charge is 0.292 e. The molecule has 2 aromatic rings. The molecule has 1 saturated heterocycles. The third-order valence-electron chi connectivity index (χ3n) is 7.11. The van der Waals surface area contributed by atoms with Crippen molar-refractivity contribution in [3.05, 3.63) is 81.4 Å². The number of Topliss-reactive ketones (excluding diaryl/α,β-unsaturated/α-hetero) is 1. The van der Waals surface area contributed by atoms with Crippen molar-refractivity contribution >= 4 is 46.7 Å². The Bertz CT molecular complexity index is 1230. The van der Waals surface area contributed by atoms with Gasteiger partial charge in [0.2, 0.25) is 0 Å². The second kappa shape index (κ2) is 8.36. The van der Waals surface area contributed by atoms with E-state index in [9.17, 15) is 19.2 Å². The highest BCUT2D eigenvalue weighted by Crippen LogP contribution is 2.53. The van der Waals surface area contributed by atoms with E-state index in [0.29, 0.717) is 10.6 Å². The number of imide groups is 1. The van der Waals surface area contributed by atoms with Crippen molar-refractivity contribution in [2.24, 2.45) is 23.7 Å². The average Bonchev–Trinajstić information content (AvgIpc) is 3.49. The van der Waals surface area contributed by atoms with Crippen LogP contribution in [0.2, 0.25) is 10.0 Å². The summed E-state index contributed by atoms with van der Waals surface area (Å²) in [6.45, 7) is 3.42. The van der Waals surface area contributed by atoms with Crippen molar-refractivity contribution in [2.75, 3.05) is 0 Å². The molecule has 5 atom stereocenters. The van der Waals surface area contributed by atoms with Crippen LogP contribution in [0.5, 0.6) is 0 Å². The highest BCUT2D eigenvalue weighted by Gasteiger charge is 2.61. The molecule has 5 rings (SSSR count). The Morgan fingerprint density at radius 1 is 0.971 bits per heavy atom. The van der Waals surface area contributed by atoms with Crippen LogP contribution < -0.4 is 0 Å². The summed E-state index contributed by atoms with van der Waals surface area (Å²) in [5.41, 5.74) is 1.40. The first-order valence-corrected chi connectivity index (χ1v) is 11.9. The predicted molar refractivity (Wildman–Crippen MR) is 127 cm³/mol. The van der Waals surface area contributed by atoms with Gasteiger partial charge in [-0.3, -0.25) is 19.2 Å². The normalized spacial score (nSPS) is 25.6. The molecule has 174 valence electrons. The number of carbonyl (C=O) groups is 4. The van der Waals surface area contributed by atoms with Gasteiger partial charge in [0.15, 0.2) is 5.78 Å². The minimum absolute atomic E-state index is 0.0318. The molecule has 3 aliphatic rings. The van der Waals surface area contributed by atoms with E-state index >= 15 is 0 Å². The standard InChI is InChI=1S/C26H22Cl2N2O4/c1-13-3-5-15(6-4-13)23(31)14(2)29(24(32)19-10-9-18(27)12-20(19)28)30-25(33)21-16-7-8-17(11-16)22(21)26(30)34/h3-10,12,14,16-17,21-22H,11H2,1-2H3/t14-,16+,17+,21-,22+/m1/s1. The molecule has 6 nitrogen and oxygen atoms in total. The van der Waals surface area contributed by atoms with Gasteiger partial charge in [0, 0.05) is 10.6 Å². The van der Waals surface area contributed by atoms with Gasteiger partial charge in [-0.2, -0.15) is 5.01 Å². The van der Waals surface area contributed by atoms with Crippen LogP contribution in [0.3, 0.4) is 0 Å². The first-order chi connectivity index (χ1) is 16.2. The number of hydrogen-bond acceptors (Lipinski definition) is 4. The Labute approximate surface area is 207 Å². The number of fused-ring (bicyclic) bond motifs is 5. The van der Waals surface area contributed by atoms with Crippen LogP contribution >= 0.6 is 23.2 Å². The van der Waals surface area contributed by atoms with E-state index in [-0.39, 0.29) is 22.4 Å². The number of halogens is 2. The van der Waals surface area contributed by atoms with E-state index in [1.807, 2.05) is 19.1 Å². The van der Waals surface area contributed by atoms with Crippen LogP contribution in [0.25, 0.3) is 0 Å². The molecule has 1 saturated carbocycles. The van der Waals surface area contributed by atoms with Crippen molar-refractivity contribution in [3.63, 3.8) is 0 Å². The second-order valence-electron chi connectivity index (χ2n) is 9.17. The average molecular weight is 497 g/mol. The minimum atomic E-state index is -1.13. The monoisotopic (exact) mass is 496 g/mol. The van der Waals surface area contributed by atoms with E-state index in [1.54, 1.807) is 24.3 Å². The highest BCUT2D eigenvalue weighted by molar-refractivity contribution is 6.36. The zero-order chi connectivity index (χ0) is 24.3. The van der Waals surface area contributed by atoms with Crippen molar-refractivity contribution in [2.45, 2.75) is 26.3 Å². The molecule has 0 spiro atoms. The highest BCUT2D eigenvalue weighted by atomic mass is 35.5. The number of benzene rings is 2. The summed E-state index contributed by atoms with van der Waals surface area (Å²) in [7, 11) is 0. The molecule has 2 aliphatic carbocycles. The van der Waals surface area contributed by atoms with E-state index < -0.39 is 41.4 Å². The lowest BCUT2D eigenvalue weighted by atomic mass is 9.85. The first kappa shape index (κ1) is 22.8. The molecule has 1 aliphatic heterocycles. The lowest BCUT2D eigenvalue weighted by Gasteiger charge is -2.35. The maximum atomic E-state index is 13.8. The molecular weight excluding hydrogens is 475 g/mol. The molecular formula is C26H22Cl2N2O4. The van der Waals surface area contributed by atoms with Gasteiger partial charge < -0.3 is 0 Å². The van der Waals surface area contributed by atoms with Crippen molar-refractivity contribution in [3.8, 4) is 0 Å². The Balaban J connectivity index is 1.56. The van der Waals surface area contributed by atoms with Crippen LogP contribution in [0.15, 0.2) is 54.6 Å². The summed E-state index contributed by atoms with van der Waals surface area (Å²) < 4.78 is 0. The van der Waals surface area contributed by atoms with Crippen molar-refractivity contribution < 1.29 is 19.2 Å². The Hall–Kier alpha value is -2.96. The minimum Gasteiger partial charge on any atom is -0.292 e. The van der Waals surface area contributed by atoms with Gasteiger partial charge in [0.05, 0.1) is 22.4 Å². The molecule has 2 fully saturated rings. The third kappa shape index (κ3) is 3.48. The van der Waals surface area contributed by atoms with Gasteiger partial charge in [-0.1, -0.05) is 65.2 Å². The number of amides is 3. The van der Waals surface area contributed by atoms with Crippen LogP contribution in [-0.2, 0) is 9.59 Å². The van der Waals surface area contributed by atoms with Crippen LogP contribution in [0.4, 0.5) is 0 Å². The predicted octanol–water partition coefficient (Wildman–Crippen LogP) is 4.74. The number of hydrazine groups is 1. The van der Waals surface area contributed by atoms with Gasteiger partial charge in [0.1, 0.15) is 6.04 Å². The van der Waals surface area contributed by atoms with Crippen LogP contribution in [0.1, 0.15) is 39.6 Å². The number of carbonyl (C=O) groups excluding carboxylic acids is 4. The van der Waals surface area contributed by atoms with E-state index in [4.69, 9.17) is 23.2 Å². The van der Waals surface area contributed by atoms with Crippen LogP contribution in [-0.4, -0.2) is 39.6 Å². The fourth-order valence-electron chi connectivity index (χ4n) is 5.40. The Morgan fingerprint density at radius 2 is 1.56 bits per heavy atom. The van der Waals surface area contributed by atoms with Gasteiger partial charge in [-0.15, -0.1) is 0 Å². The maximum Gasteiger partial charge on any atom is 0.275 e. The van der Waals surface area contributed by atoms with Gasteiger partial charge in [-0.05, 0) is 50.3 Å². The fraction of sp³-hybridized carbons (Fsp3) is 0.308. The van der Waals surface area contributed by atoms with E-state index in [0.717, 1.165) is 22.0 Å². The topological polar surface area (TPSA) is 74.8 Å².